The maximum atomic E-state index is 11.2. The molecule has 0 amide bonds. The Labute approximate surface area is 125 Å². The van der Waals surface area contributed by atoms with Gasteiger partial charge >= 0.3 is 5.69 Å². The van der Waals surface area contributed by atoms with Crippen LogP contribution in [0.4, 0.5) is 17.1 Å². The molecule has 0 aliphatic carbocycles. The monoisotopic (exact) mass is 293 g/mol. The smallest absolute Gasteiger partial charge is 0.301 e. The minimum absolute atomic E-state index is 0.146. The van der Waals surface area contributed by atoms with Gasteiger partial charge in [-0.05, 0) is 17.5 Å². The topological polar surface area (TPSA) is 88.1 Å². The molecule has 6 nitrogen and oxygen atoms in total. The summed E-state index contributed by atoms with van der Waals surface area (Å²) >= 11 is 0. The third-order valence-corrected chi connectivity index (χ3v) is 3.19. The van der Waals surface area contributed by atoms with Crippen molar-refractivity contribution in [3.05, 3.63) is 70.8 Å². The van der Waals surface area contributed by atoms with Gasteiger partial charge in [-0.2, -0.15) is 5.11 Å². The van der Waals surface area contributed by atoms with Crippen molar-refractivity contribution >= 4 is 27.8 Å². The maximum Gasteiger partial charge on any atom is 0.301 e. The second-order valence-electron chi connectivity index (χ2n) is 4.61. The number of nitrogens with zero attached hydrogens (tertiary/aromatic N) is 3. The number of hydrogen-bond donors (Lipinski definition) is 1. The van der Waals surface area contributed by atoms with Crippen LogP contribution in [-0.2, 0) is 0 Å². The Hall–Kier alpha value is -3.28. The molecule has 0 atom stereocenters. The fraction of sp³-hybridized carbons (Fsp3) is 0. The van der Waals surface area contributed by atoms with Crippen molar-refractivity contribution in [3.8, 4) is 5.75 Å². The number of phenols is 1. The molecule has 0 saturated carbocycles. The Morgan fingerprint density at radius 2 is 1.64 bits per heavy atom. The van der Waals surface area contributed by atoms with E-state index < -0.39 is 4.92 Å². The summed E-state index contributed by atoms with van der Waals surface area (Å²) in [7, 11) is 0. The van der Waals surface area contributed by atoms with Gasteiger partial charge in [-0.25, -0.2) is 0 Å². The summed E-state index contributed by atoms with van der Waals surface area (Å²) in [5.41, 5.74) is 0.118. The molecule has 0 aliphatic rings. The number of benzene rings is 3. The van der Waals surface area contributed by atoms with Gasteiger partial charge in [0.05, 0.1) is 10.6 Å². The summed E-state index contributed by atoms with van der Waals surface area (Å²) in [5.74, 6) is -0.246. The average Bonchev–Trinajstić information content (AvgIpc) is 2.54. The molecule has 0 spiro atoms. The fourth-order valence-electron chi connectivity index (χ4n) is 2.14. The lowest BCUT2D eigenvalue weighted by molar-refractivity contribution is -0.384. The minimum atomic E-state index is -0.578. The van der Waals surface area contributed by atoms with Crippen LogP contribution >= 0.6 is 0 Å². The normalized spacial score (nSPS) is 11.1. The molecule has 0 radical (unpaired) electrons. The first kappa shape index (κ1) is 13.7. The number of rotatable bonds is 3. The van der Waals surface area contributed by atoms with E-state index in [9.17, 15) is 15.2 Å². The third-order valence-electron chi connectivity index (χ3n) is 3.19. The lowest BCUT2D eigenvalue weighted by Gasteiger charge is -2.04. The van der Waals surface area contributed by atoms with E-state index >= 15 is 0 Å². The van der Waals surface area contributed by atoms with E-state index in [1.807, 2.05) is 6.07 Å². The number of nitro groups is 1. The maximum absolute atomic E-state index is 11.2. The van der Waals surface area contributed by atoms with Crippen LogP contribution in [0, 0.1) is 10.1 Å². The molecule has 6 heteroatoms. The summed E-state index contributed by atoms with van der Waals surface area (Å²) in [6.07, 6.45) is 0. The predicted octanol–water partition coefficient (Wildman–Crippen LogP) is 4.87. The molecule has 3 aromatic rings. The third kappa shape index (κ3) is 2.49. The number of aromatic hydroxyl groups is 1. The van der Waals surface area contributed by atoms with Crippen molar-refractivity contribution in [1.29, 1.82) is 0 Å². The summed E-state index contributed by atoms with van der Waals surface area (Å²) in [4.78, 5) is 10.6. The first-order chi connectivity index (χ1) is 10.7. The van der Waals surface area contributed by atoms with E-state index in [4.69, 9.17) is 0 Å². The summed E-state index contributed by atoms with van der Waals surface area (Å²) in [6, 6.07) is 17.1. The van der Waals surface area contributed by atoms with Crippen LogP contribution < -0.4 is 0 Å². The summed E-state index contributed by atoms with van der Waals surface area (Å²) in [6.45, 7) is 0. The van der Waals surface area contributed by atoms with Crippen molar-refractivity contribution in [1.82, 2.24) is 0 Å². The molecule has 3 rings (SSSR count). The Bertz CT molecular complexity index is 876. The number of hydrogen-bond acceptors (Lipinski definition) is 5. The fourth-order valence-corrected chi connectivity index (χ4v) is 2.14. The van der Waals surface area contributed by atoms with Gasteiger partial charge in [0, 0.05) is 11.5 Å². The van der Waals surface area contributed by atoms with Crippen molar-refractivity contribution in [3.63, 3.8) is 0 Å². The zero-order valence-corrected chi connectivity index (χ0v) is 11.4. The van der Waals surface area contributed by atoms with E-state index in [1.54, 1.807) is 48.5 Å². The second kappa shape index (κ2) is 5.61. The highest BCUT2D eigenvalue weighted by Crippen LogP contribution is 2.43. The highest BCUT2D eigenvalue weighted by Gasteiger charge is 2.21. The summed E-state index contributed by atoms with van der Waals surface area (Å²) < 4.78 is 0. The molecule has 0 bridgehead atoms. The average molecular weight is 293 g/mol. The molecule has 0 aliphatic heterocycles. The van der Waals surface area contributed by atoms with Gasteiger partial charge in [-0.15, -0.1) is 5.11 Å². The van der Waals surface area contributed by atoms with Crippen LogP contribution in [0.15, 0.2) is 70.9 Å². The standard InChI is InChI=1S/C16H11N3O3/c20-16-13-9-5-4-6-11(13)10-14(19(21)22)15(16)18-17-12-7-2-1-3-8-12/h1-10,20H. The Kier molecular flexibility index (Phi) is 3.49. The van der Waals surface area contributed by atoms with Crippen LogP contribution in [-0.4, -0.2) is 10.0 Å². The molecule has 0 saturated heterocycles. The van der Waals surface area contributed by atoms with E-state index in [1.165, 1.54) is 6.07 Å². The Morgan fingerprint density at radius 1 is 0.955 bits per heavy atom. The molecule has 1 N–H and O–H groups in total. The molecular weight excluding hydrogens is 282 g/mol. The number of phenolic OH excluding ortho intramolecular Hbond substituents is 1. The van der Waals surface area contributed by atoms with Crippen molar-refractivity contribution in [2.24, 2.45) is 10.2 Å². The van der Waals surface area contributed by atoms with Crippen LogP contribution in [0.2, 0.25) is 0 Å². The van der Waals surface area contributed by atoms with Gasteiger partial charge in [0.1, 0.15) is 0 Å². The van der Waals surface area contributed by atoms with Crippen LogP contribution in [0.1, 0.15) is 0 Å². The van der Waals surface area contributed by atoms with Gasteiger partial charge in [-0.1, -0.05) is 42.5 Å². The van der Waals surface area contributed by atoms with Gasteiger partial charge in [0.25, 0.3) is 0 Å². The lowest BCUT2D eigenvalue weighted by atomic mass is 10.1. The number of azo groups is 1. The Balaban J connectivity index is 2.19. The highest BCUT2D eigenvalue weighted by molar-refractivity contribution is 5.96. The van der Waals surface area contributed by atoms with Gasteiger partial charge < -0.3 is 5.11 Å². The highest BCUT2D eigenvalue weighted by atomic mass is 16.6. The molecule has 3 aromatic carbocycles. The van der Waals surface area contributed by atoms with Crippen molar-refractivity contribution < 1.29 is 10.0 Å². The number of nitro benzene ring substituents is 1. The zero-order chi connectivity index (χ0) is 15.5. The van der Waals surface area contributed by atoms with Crippen molar-refractivity contribution in [2.75, 3.05) is 0 Å². The van der Waals surface area contributed by atoms with E-state index in [0.29, 0.717) is 16.5 Å². The zero-order valence-electron chi connectivity index (χ0n) is 11.4. The quantitative estimate of drug-likeness (QED) is 0.424. The van der Waals surface area contributed by atoms with E-state index in [2.05, 4.69) is 10.2 Å². The second-order valence-corrected chi connectivity index (χ2v) is 4.61. The van der Waals surface area contributed by atoms with E-state index in [-0.39, 0.29) is 17.1 Å². The largest absolute Gasteiger partial charge is 0.505 e. The van der Waals surface area contributed by atoms with Crippen LogP contribution in [0.25, 0.3) is 10.8 Å². The number of fused-ring (bicyclic) bond motifs is 1. The van der Waals surface area contributed by atoms with Gasteiger partial charge in [-0.3, -0.25) is 10.1 Å². The molecule has 0 heterocycles. The van der Waals surface area contributed by atoms with Gasteiger partial charge in [0.2, 0.25) is 5.69 Å². The first-order valence-electron chi connectivity index (χ1n) is 6.52. The Morgan fingerprint density at radius 3 is 2.36 bits per heavy atom. The first-order valence-corrected chi connectivity index (χ1v) is 6.52. The van der Waals surface area contributed by atoms with Crippen LogP contribution in [0.3, 0.4) is 0 Å². The van der Waals surface area contributed by atoms with Crippen LogP contribution in [0.5, 0.6) is 5.75 Å². The molecule has 0 aromatic heterocycles. The minimum Gasteiger partial charge on any atom is -0.505 e. The van der Waals surface area contributed by atoms with Crippen molar-refractivity contribution in [2.45, 2.75) is 0 Å². The molecule has 0 fully saturated rings. The molecule has 22 heavy (non-hydrogen) atoms. The van der Waals surface area contributed by atoms with Gasteiger partial charge in [0.15, 0.2) is 5.75 Å². The molecule has 0 unspecified atom stereocenters. The molecular formula is C16H11N3O3. The SMILES string of the molecule is O=[N+]([O-])c1cc2ccccc2c(O)c1N=Nc1ccccc1. The molecule has 108 valence electrons. The predicted molar refractivity (Wildman–Crippen MR) is 82.9 cm³/mol. The lowest BCUT2D eigenvalue weighted by Crippen LogP contribution is -1.89. The van der Waals surface area contributed by atoms with E-state index in [0.717, 1.165) is 0 Å². The summed E-state index contributed by atoms with van der Waals surface area (Å²) in [5, 5.41) is 30.4.